The van der Waals surface area contributed by atoms with E-state index in [2.05, 4.69) is 31.3 Å². The van der Waals surface area contributed by atoms with Gasteiger partial charge in [-0.25, -0.2) is 0 Å². The molecule has 1 N–H and O–H groups in total. The number of benzene rings is 1. The molecule has 20 heavy (non-hydrogen) atoms. The molecule has 0 aliphatic heterocycles. The molecule has 0 fully saturated rings. The number of methoxy groups -OCH3 is 1. The van der Waals surface area contributed by atoms with Gasteiger partial charge in [-0.1, -0.05) is 19.9 Å². The van der Waals surface area contributed by atoms with Crippen LogP contribution >= 0.6 is 12.4 Å². The number of aryl methyl sites for hydroxylation is 1. The molecule has 0 heterocycles. The fraction of sp³-hybridized carbons (Fsp3) is 0.647. The van der Waals surface area contributed by atoms with Gasteiger partial charge in [-0.15, -0.1) is 12.4 Å². The van der Waals surface area contributed by atoms with Gasteiger partial charge in [-0.3, -0.25) is 0 Å². The molecule has 0 bridgehead atoms. The lowest BCUT2D eigenvalue weighted by molar-refractivity contribution is 0.327. The zero-order valence-corrected chi connectivity index (χ0v) is 13.6. The van der Waals surface area contributed by atoms with Crippen LogP contribution in [0.15, 0.2) is 12.1 Å². The summed E-state index contributed by atoms with van der Waals surface area (Å²) in [5, 5.41) is 3.78. The van der Waals surface area contributed by atoms with Crippen molar-refractivity contribution >= 4 is 12.4 Å². The lowest BCUT2D eigenvalue weighted by atomic mass is 9.70. The molecule has 0 saturated carbocycles. The average molecular weight is 296 g/mol. The normalized spacial score (nSPS) is 24.0. The zero-order chi connectivity index (χ0) is 13.4. The van der Waals surface area contributed by atoms with Gasteiger partial charge in [0.1, 0.15) is 5.75 Å². The highest BCUT2D eigenvalue weighted by Gasteiger charge is 2.34. The van der Waals surface area contributed by atoms with Gasteiger partial charge in [-0.05, 0) is 60.8 Å². The summed E-state index contributed by atoms with van der Waals surface area (Å²) >= 11 is 0. The number of halogens is 1. The molecule has 3 heteroatoms. The third-order valence-electron chi connectivity index (χ3n) is 4.69. The quantitative estimate of drug-likeness (QED) is 0.914. The second kappa shape index (κ2) is 6.36. The van der Waals surface area contributed by atoms with Gasteiger partial charge in [0.15, 0.2) is 0 Å². The Hall–Kier alpha value is -0.730. The predicted molar refractivity (Wildman–Crippen MR) is 86.3 cm³/mol. The van der Waals surface area contributed by atoms with Gasteiger partial charge in [0.2, 0.25) is 0 Å². The van der Waals surface area contributed by atoms with Crippen LogP contribution < -0.4 is 10.1 Å². The minimum absolute atomic E-state index is 0. The van der Waals surface area contributed by atoms with Crippen LogP contribution in [-0.2, 0) is 12.8 Å². The molecule has 2 aliphatic rings. The molecule has 112 valence electrons. The molecule has 1 aromatic carbocycles. The summed E-state index contributed by atoms with van der Waals surface area (Å²) in [6, 6.07) is 5.69. The SMILES string of the molecule is COc1ccc2c3c1CCCC3C(NC(C)C)CC2.Cl. The van der Waals surface area contributed by atoms with Gasteiger partial charge in [0.25, 0.3) is 0 Å². The minimum Gasteiger partial charge on any atom is -0.496 e. The van der Waals surface area contributed by atoms with Crippen molar-refractivity contribution in [3.05, 3.63) is 28.8 Å². The molecule has 2 unspecified atom stereocenters. The first-order valence-electron chi connectivity index (χ1n) is 7.65. The molecular weight excluding hydrogens is 270 g/mol. The molecule has 0 radical (unpaired) electrons. The first-order chi connectivity index (χ1) is 9.20. The van der Waals surface area contributed by atoms with Gasteiger partial charge in [0.05, 0.1) is 7.11 Å². The van der Waals surface area contributed by atoms with E-state index in [-0.39, 0.29) is 12.4 Å². The van der Waals surface area contributed by atoms with E-state index >= 15 is 0 Å². The Morgan fingerprint density at radius 2 is 2.00 bits per heavy atom. The minimum atomic E-state index is 0. The van der Waals surface area contributed by atoms with Crippen molar-refractivity contribution in [1.82, 2.24) is 5.32 Å². The maximum atomic E-state index is 5.58. The van der Waals surface area contributed by atoms with Crippen LogP contribution in [0.1, 0.15) is 55.7 Å². The number of rotatable bonds is 3. The third-order valence-corrected chi connectivity index (χ3v) is 4.69. The average Bonchev–Trinajstić information content (AvgIpc) is 2.42. The largest absolute Gasteiger partial charge is 0.496 e. The van der Waals surface area contributed by atoms with Crippen LogP contribution in [0, 0.1) is 0 Å². The first-order valence-corrected chi connectivity index (χ1v) is 7.65. The smallest absolute Gasteiger partial charge is 0.122 e. The van der Waals surface area contributed by atoms with Crippen LogP contribution in [0.4, 0.5) is 0 Å². The van der Waals surface area contributed by atoms with Crippen LogP contribution in [0.3, 0.4) is 0 Å². The molecule has 0 saturated heterocycles. The summed E-state index contributed by atoms with van der Waals surface area (Å²) in [6.07, 6.45) is 6.32. The summed E-state index contributed by atoms with van der Waals surface area (Å²) in [6.45, 7) is 4.51. The van der Waals surface area contributed by atoms with E-state index in [1.54, 1.807) is 18.2 Å². The summed E-state index contributed by atoms with van der Waals surface area (Å²) in [4.78, 5) is 0. The second-order valence-corrected chi connectivity index (χ2v) is 6.28. The Morgan fingerprint density at radius 1 is 1.20 bits per heavy atom. The second-order valence-electron chi connectivity index (χ2n) is 6.28. The van der Waals surface area contributed by atoms with Crippen LogP contribution in [0.2, 0.25) is 0 Å². The maximum absolute atomic E-state index is 5.58. The summed E-state index contributed by atoms with van der Waals surface area (Å²) in [5.74, 6) is 1.80. The molecular formula is C17H26ClNO. The zero-order valence-electron chi connectivity index (χ0n) is 12.7. The van der Waals surface area contributed by atoms with E-state index in [9.17, 15) is 0 Å². The van der Waals surface area contributed by atoms with Crippen molar-refractivity contribution in [3.8, 4) is 5.75 Å². The number of nitrogens with one attached hydrogen (secondary N) is 1. The lowest BCUT2D eigenvalue weighted by Crippen LogP contribution is -2.43. The Balaban J connectivity index is 0.00000147. The third kappa shape index (κ3) is 2.68. The monoisotopic (exact) mass is 295 g/mol. The highest BCUT2D eigenvalue weighted by atomic mass is 35.5. The van der Waals surface area contributed by atoms with Crippen molar-refractivity contribution in [2.45, 2.75) is 64.0 Å². The molecule has 0 amide bonds. The molecule has 1 aromatic rings. The highest BCUT2D eigenvalue weighted by molar-refractivity contribution is 5.85. The lowest BCUT2D eigenvalue weighted by Gasteiger charge is -2.40. The Kier molecular flexibility index (Phi) is 4.98. The number of hydrogen-bond acceptors (Lipinski definition) is 2. The standard InChI is InChI=1S/C17H25NO.ClH/c1-11(2)18-15-9-7-12-8-10-16(19-3)14-6-4-5-13(15)17(12)14;/h8,10-11,13,15,18H,4-7,9H2,1-3H3;1H. The van der Waals surface area contributed by atoms with Crippen LogP contribution in [0.5, 0.6) is 5.75 Å². The van der Waals surface area contributed by atoms with Gasteiger partial charge in [-0.2, -0.15) is 0 Å². The molecule has 2 nitrogen and oxygen atoms in total. The molecule has 2 atom stereocenters. The Labute approximate surface area is 128 Å². The van der Waals surface area contributed by atoms with E-state index in [0.29, 0.717) is 18.0 Å². The summed E-state index contributed by atoms with van der Waals surface area (Å²) in [5.41, 5.74) is 4.68. The maximum Gasteiger partial charge on any atom is 0.122 e. The van der Waals surface area contributed by atoms with Gasteiger partial charge >= 0.3 is 0 Å². The molecule has 0 spiro atoms. The molecule has 0 aromatic heterocycles. The van der Waals surface area contributed by atoms with E-state index in [1.165, 1.54) is 37.7 Å². The van der Waals surface area contributed by atoms with Crippen molar-refractivity contribution < 1.29 is 4.74 Å². The van der Waals surface area contributed by atoms with Crippen molar-refractivity contribution in [3.63, 3.8) is 0 Å². The summed E-state index contributed by atoms with van der Waals surface area (Å²) < 4.78 is 5.58. The van der Waals surface area contributed by atoms with Crippen molar-refractivity contribution in [1.29, 1.82) is 0 Å². The molecule has 3 rings (SSSR count). The molecule has 2 aliphatic carbocycles. The Morgan fingerprint density at radius 3 is 2.70 bits per heavy atom. The summed E-state index contributed by atoms with van der Waals surface area (Å²) in [7, 11) is 1.80. The first kappa shape index (κ1) is 15.7. The van der Waals surface area contributed by atoms with Crippen molar-refractivity contribution in [2.75, 3.05) is 7.11 Å². The topological polar surface area (TPSA) is 21.3 Å². The van der Waals surface area contributed by atoms with E-state index in [1.807, 2.05) is 0 Å². The highest BCUT2D eigenvalue weighted by Crippen LogP contribution is 2.44. The van der Waals surface area contributed by atoms with Crippen LogP contribution in [0.25, 0.3) is 0 Å². The fourth-order valence-electron chi connectivity index (χ4n) is 4.01. The fourth-order valence-corrected chi connectivity index (χ4v) is 4.01. The Bertz CT molecular complexity index is 472. The number of hydrogen-bond donors (Lipinski definition) is 1. The van der Waals surface area contributed by atoms with E-state index in [4.69, 9.17) is 4.74 Å². The van der Waals surface area contributed by atoms with E-state index < -0.39 is 0 Å². The van der Waals surface area contributed by atoms with Gasteiger partial charge < -0.3 is 10.1 Å². The van der Waals surface area contributed by atoms with Gasteiger partial charge in [0, 0.05) is 12.1 Å². The van der Waals surface area contributed by atoms with Crippen molar-refractivity contribution in [2.24, 2.45) is 0 Å². The van der Waals surface area contributed by atoms with E-state index in [0.717, 1.165) is 5.75 Å². The van der Waals surface area contributed by atoms with Crippen LogP contribution in [-0.4, -0.2) is 19.2 Å². The predicted octanol–water partition coefficient (Wildman–Crippen LogP) is 3.85. The number of ether oxygens (including phenoxy) is 1.